The van der Waals surface area contributed by atoms with Crippen LogP contribution in [-0.4, -0.2) is 27.4 Å². The normalized spacial score (nSPS) is 10.7. The molecule has 2 rings (SSSR count). The van der Waals surface area contributed by atoms with Crippen LogP contribution in [-0.2, 0) is 17.9 Å². The van der Waals surface area contributed by atoms with Crippen LogP contribution in [0.15, 0.2) is 47.5 Å². The van der Waals surface area contributed by atoms with Gasteiger partial charge < -0.3 is 4.90 Å². The maximum atomic E-state index is 12.4. The largest absolute Gasteiger partial charge is 0.340 e. The van der Waals surface area contributed by atoms with E-state index in [0.29, 0.717) is 6.54 Å². The van der Waals surface area contributed by atoms with Crippen molar-refractivity contribution >= 4 is 5.91 Å². The number of amides is 1. The molecule has 0 bridgehead atoms. The minimum absolute atomic E-state index is 0.237. The van der Waals surface area contributed by atoms with Crippen LogP contribution in [0.2, 0.25) is 0 Å². The molecule has 1 aromatic heterocycles. The number of hydrogen-bond donors (Lipinski definition) is 0. The molecule has 0 fully saturated rings. The average Bonchev–Trinajstić information content (AvgIpc) is 2.50. The van der Waals surface area contributed by atoms with Crippen molar-refractivity contribution in [3.8, 4) is 0 Å². The average molecular weight is 307 g/mol. The highest BCUT2D eigenvalue weighted by atomic mass is 19.3. The standard InChI is InChI=1S/C15H15F2N3O2/c1-19(8-11-5-3-2-4-6-11)14(22)9-20-10-18-12(15(16)17)7-13(20)21/h2-7,10,15H,8-9H2,1H3. The van der Waals surface area contributed by atoms with Gasteiger partial charge in [-0.1, -0.05) is 30.3 Å². The molecule has 0 saturated heterocycles. The van der Waals surface area contributed by atoms with Gasteiger partial charge in [0.25, 0.3) is 12.0 Å². The molecule has 0 radical (unpaired) electrons. The summed E-state index contributed by atoms with van der Waals surface area (Å²) in [4.78, 5) is 28.7. The second-order valence-electron chi connectivity index (χ2n) is 4.82. The lowest BCUT2D eigenvalue weighted by Crippen LogP contribution is -2.33. The van der Waals surface area contributed by atoms with Gasteiger partial charge in [0.2, 0.25) is 5.91 Å². The van der Waals surface area contributed by atoms with E-state index >= 15 is 0 Å². The van der Waals surface area contributed by atoms with E-state index in [9.17, 15) is 18.4 Å². The number of carbonyl (C=O) groups is 1. The second-order valence-corrected chi connectivity index (χ2v) is 4.82. The van der Waals surface area contributed by atoms with Crippen LogP contribution in [0, 0.1) is 0 Å². The highest BCUT2D eigenvalue weighted by Crippen LogP contribution is 2.13. The van der Waals surface area contributed by atoms with Crippen molar-refractivity contribution in [2.45, 2.75) is 19.5 Å². The van der Waals surface area contributed by atoms with Crippen LogP contribution in [0.5, 0.6) is 0 Å². The number of carbonyl (C=O) groups excluding carboxylic acids is 1. The van der Waals surface area contributed by atoms with Crippen molar-refractivity contribution in [2.75, 3.05) is 7.05 Å². The molecule has 1 heterocycles. The lowest BCUT2D eigenvalue weighted by molar-refractivity contribution is -0.131. The second kappa shape index (κ2) is 6.93. The summed E-state index contributed by atoms with van der Waals surface area (Å²) in [7, 11) is 1.61. The first-order valence-corrected chi connectivity index (χ1v) is 6.60. The number of nitrogens with zero attached hydrogens (tertiary/aromatic N) is 3. The Labute approximate surface area is 125 Å². The molecule has 7 heteroatoms. The zero-order valence-corrected chi connectivity index (χ0v) is 11.9. The molecule has 0 saturated carbocycles. The van der Waals surface area contributed by atoms with Crippen LogP contribution in [0.4, 0.5) is 8.78 Å². The number of rotatable bonds is 5. The van der Waals surface area contributed by atoms with E-state index in [1.54, 1.807) is 7.05 Å². The maximum absolute atomic E-state index is 12.4. The SMILES string of the molecule is CN(Cc1ccccc1)C(=O)Cn1cnc(C(F)F)cc1=O. The van der Waals surface area contributed by atoms with Gasteiger partial charge in [-0.25, -0.2) is 13.8 Å². The molecule has 2 aromatic rings. The molecule has 1 amide bonds. The van der Waals surface area contributed by atoms with Gasteiger partial charge in [0, 0.05) is 19.7 Å². The van der Waals surface area contributed by atoms with E-state index in [2.05, 4.69) is 4.98 Å². The lowest BCUT2D eigenvalue weighted by atomic mass is 10.2. The third-order valence-electron chi connectivity index (χ3n) is 3.12. The molecule has 116 valence electrons. The van der Waals surface area contributed by atoms with Crippen LogP contribution in [0.25, 0.3) is 0 Å². The minimum Gasteiger partial charge on any atom is -0.340 e. The number of benzene rings is 1. The maximum Gasteiger partial charge on any atom is 0.280 e. The number of likely N-dealkylation sites (N-methyl/N-ethyl adjacent to an activating group) is 1. The summed E-state index contributed by atoms with van der Waals surface area (Å²) in [6.45, 7) is 0.162. The first-order valence-electron chi connectivity index (χ1n) is 6.60. The summed E-state index contributed by atoms with van der Waals surface area (Å²) in [5.74, 6) is -0.308. The number of halogens is 2. The molecule has 0 N–H and O–H groups in total. The van der Waals surface area contributed by atoms with Crippen molar-refractivity contribution in [1.82, 2.24) is 14.5 Å². The van der Waals surface area contributed by atoms with Crippen LogP contribution in [0.3, 0.4) is 0 Å². The third-order valence-corrected chi connectivity index (χ3v) is 3.12. The van der Waals surface area contributed by atoms with Gasteiger partial charge in [0.05, 0.1) is 6.33 Å². The molecule has 0 atom stereocenters. The summed E-state index contributed by atoms with van der Waals surface area (Å²) in [6.07, 6.45) is -1.84. The Kier molecular flexibility index (Phi) is 4.98. The molecule has 0 aliphatic heterocycles. The molecule has 0 spiro atoms. The predicted molar refractivity (Wildman–Crippen MR) is 76.4 cm³/mol. The van der Waals surface area contributed by atoms with E-state index in [1.165, 1.54) is 4.90 Å². The van der Waals surface area contributed by atoms with Gasteiger partial charge in [-0.15, -0.1) is 0 Å². The summed E-state index contributed by atoms with van der Waals surface area (Å²) in [6, 6.07) is 10.1. The Bertz CT molecular complexity index is 701. The molecule has 1 aromatic carbocycles. The van der Waals surface area contributed by atoms with Crippen LogP contribution in [0.1, 0.15) is 17.7 Å². The van der Waals surface area contributed by atoms with Crippen LogP contribution < -0.4 is 5.56 Å². The van der Waals surface area contributed by atoms with E-state index in [0.717, 1.165) is 22.5 Å². The van der Waals surface area contributed by atoms with E-state index in [1.807, 2.05) is 30.3 Å². The van der Waals surface area contributed by atoms with Crippen molar-refractivity contribution < 1.29 is 13.6 Å². The van der Waals surface area contributed by atoms with Gasteiger partial charge in [0.1, 0.15) is 12.2 Å². The Morgan fingerprint density at radius 3 is 2.59 bits per heavy atom. The van der Waals surface area contributed by atoms with Crippen molar-refractivity contribution in [2.24, 2.45) is 0 Å². The molecule has 22 heavy (non-hydrogen) atoms. The molecular weight excluding hydrogens is 292 g/mol. The quantitative estimate of drug-likeness (QED) is 0.847. The zero-order chi connectivity index (χ0) is 16.1. The Morgan fingerprint density at radius 1 is 1.32 bits per heavy atom. The number of aromatic nitrogens is 2. The first-order chi connectivity index (χ1) is 10.5. The summed E-state index contributed by atoms with van der Waals surface area (Å²) in [5, 5.41) is 0. The molecule has 0 unspecified atom stereocenters. The number of hydrogen-bond acceptors (Lipinski definition) is 3. The van der Waals surface area contributed by atoms with Crippen LogP contribution >= 0.6 is 0 Å². The van der Waals surface area contributed by atoms with E-state index in [-0.39, 0.29) is 12.5 Å². The molecule has 0 aliphatic carbocycles. The molecule has 5 nitrogen and oxygen atoms in total. The highest BCUT2D eigenvalue weighted by Gasteiger charge is 2.14. The molecular formula is C15H15F2N3O2. The van der Waals surface area contributed by atoms with Crippen molar-refractivity contribution in [1.29, 1.82) is 0 Å². The molecule has 0 aliphatic rings. The van der Waals surface area contributed by atoms with E-state index in [4.69, 9.17) is 0 Å². The Hall–Kier alpha value is -2.57. The fourth-order valence-electron chi connectivity index (χ4n) is 1.89. The Balaban J connectivity index is 2.04. The first kappa shape index (κ1) is 15.8. The summed E-state index contributed by atoms with van der Waals surface area (Å²) >= 11 is 0. The Morgan fingerprint density at radius 2 is 2.00 bits per heavy atom. The van der Waals surface area contributed by atoms with Gasteiger partial charge in [-0.2, -0.15) is 0 Å². The summed E-state index contributed by atoms with van der Waals surface area (Å²) < 4.78 is 25.9. The zero-order valence-electron chi connectivity index (χ0n) is 11.9. The van der Waals surface area contributed by atoms with E-state index < -0.39 is 17.7 Å². The van der Waals surface area contributed by atoms with Crippen molar-refractivity contribution in [3.63, 3.8) is 0 Å². The lowest BCUT2D eigenvalue weighted by Gasteiger charge is -2.17. The number of alkyl halides is 2. The summed E-state index contributed by atoms with van der Waals surface area (Å²) in [5.41, 5.74) is -0.310. The monoisotopic (exact) mass is 307 g/mol. The third kappa shape index (κ3) is 3.97. The smallest absolute Gasteiger partial charge is 0.280 e. The minimum atomic E-state index is -2.81. The fraction of sp³-hybridized carbons (Fsp3) is 0.267. The van der Waals surface area contributed by atoms with Crippen molar-refractivity contribution in [3.05, 3.63) is 64.3 Å². The van der Waals surface area contributed by atoms with Gasteiger partial charge in [0.15, 0.2) is 0 Å². The fourth-order valence-corrected chi connectivity index (χ4v) is 1.89. The topological polar surface area (TPSA) is 55.2 Å². The van der Waals surface area contributed by atoms with Gasteiger partial charge in [-0.3, -0.25) is 14.2 Å². The van der Waals surface area contributed by atoms with Gasteiger partial charge >= 0.3 is 0 Å². The predicted octanol–water partition coefficient (Wildman–Crippen LogP) is 1.84. The van der Waals surface area contributed by atoms with Gasteiger partial charge in [-0.05, 0) is 5.56 Å². The highest BCUT2D eigenvalue weighted by molar-refractivity contribution is 5.75.